The molecular weight excluding hydrogens is 501 g/mol. The maximum absolute atomic E-state index is 4.78. The minimum absolute atomic E-state index is 0. The van der Waals surface area contributed by atoms with Gasteiger partial charge in [0.25, 0.3) is 0 Å². The zero-order chi connectivity index (χ0) is 19.1. The number of guanidine groups is 1. The van der Waals surface area contributed by atoms with E-state index in [-0.39, 0.29) is 24.0 Å². The molecule has 2 aromatic rings. The van der Waals surface area contributed by atoms with Crippen LogP contribution in [0.5, 0.6) is 0 Å². The second-order valence-electron chi connectivity index (χ2n) is 6.73. The van der Waals surface area contributed by atoms with Gasteiger partial charge < -0.3 is 15.5 Å². The molecule has 1 aromatic carbocycles. The fraction of sp³-hybridized carbons (Fsp3) is 0.500. The van der Waals surface area contributed by atoms with Crippen LogP contribution in [0.15, 0.2) is 33.5 Å². The van der Waals surface area contributed by atoms with Crippen LogP contribution < -0.4 is 15.5 Å². The van der Waals surface area contributed by atoms with Gasteiger partial charge in [-0.05, 0) is 43.2 Å². The summed E-state index contributed by atoms with van der Waals surface area (Å²) in [7, 11) is 1.81. The molecule has 2 N–H and O–H groups in total. The first kappa shape index (κ1) is 23.3. The Balaban J connectivity index is 0.00000280. The summed E-state index contributed by atoms with van der Waals surface area (Å²) < 4.78 is 0. The largest absolute Gasteiger partial charge is 0.356 e. The van der Waals surface area contributed by atoms with Gasteiger partial charge in [0.05, 0.1) is 5.69 Å². The van der Waals surface area contributed by atoms with Gasteiger partial charge in [-0.2, -0.15) is 0 Å². The third-order valence-corrected chi connectivity index (χ3v) is 6.47. The summed E-state index contributed by atoms with van der Waals surface area (Å²) in [5, 5.41) is 10.2. The first-order valence-corrected chi connectivity index (χ1v) is 11.6. The quantitative estimate of drug-likeness (QED) is 0.242. The van der Waals surface area contributed by atoms with E-state index in [1.807, 2.05) is 7.05 Å². The molecule has 0 amide bonds. The molecule has 0 saturated carbocycles. The van der Waals surface area contributed by atoms with Crippen LogP contribution in [0, 0.1) is 6.92 Å². The molecule has 0 bridgehead atoms. The molecule has 2 heterocycles. The average molecular weight is 532 g/mol. The maximum Gasteiger partial charge on any atom is 0.191 e. The third-order valence-electron chi connectivity index (χ3n) is 4.70. The van der Waals surface area contributed by atoms with Gasteiger partial charge in [-0.25, -0.2) is 4.98 Å². The second-order valence-corrected chi connectivity index (χ2v) is 8.42. The Hall–Kier alpha value is -1.000. The van der Waals surface area contributed by atoms with Crippen LogP contribution >= 0.6 is 47.1 Å². The molecule has 1 aromatic heterocycles. The molecule has 1 aliphatic heterocycles. The molecule has 1 aliphatic rings. The lowest BCUT2D eigenvalue weighted by Crippen LogP contribution is -2.38. The van der Waals surface area contributed by atoms with Crippen molar-refractivity contribution in [3.8, 4) is 0 Å². The van der Waals surface area contributed by atoms with Crippen molar-refractivity contribution < 1.29 is 0 Å². The van der Waals surface area contributed by atoms with Crippen molar-refractivity contribution in [1.82, 2.24) is 15.6 Å². The van der Waals surface area contributed by atoms with Crippen LogP contribution in [0.1, 0.15) is 29.7 Å². The number of thiazole rings is 1. The number of aromatic nitrogens is 1. The molecule has 8 heteroatoms. The smallest absolute Gasteiger partial charge is 0.191 e. The number of halogens is 1. The summed E-state index contributed by atoms with van der Waals surface area (Å²) in [5.74, 6) is 0.831. The summed E-state index contributed by atoms with van der Waals surface area (Å²) in [4.78, 5) is 12.8. The Kier molecular flexibility index (Phi) is 9.87. The summed E-state index contributed by atoms with van der Waals surface area (Å²) in [6.45, 7) is 6.03. The van der Waals surface area contributed by atoms with Crippen LogP contribution in [-0.4, -0.2) is 43.9 Å². The molecule has 0 atom stereocenters. The molecule has 1 saturated heterocycles. The third kappa shape index (κ3) is 6.52. The van der Waals surface area contributed by atoms with Gasteiger partial charge in [0.2, 0.25) is 0 Å². The maximum atomic E-state index is 4.78. The van der Waals surface area contributed by atoms with E-state index in [2.05, 4.69) is 57.3 Å². The highest BCUT2D eigenvalue weighted by atomic mass is 127. The predicted molar refractivity (Wildman–Crippen MR) is 134 cm³/mol. The molecule has 0 aliphatic carbocycles. The van der Waals surface area contributed by atoms with Crippen LogP contribution in [0.2, 0.25) is 0 Å². The summed E-state index contributed by atoms with van der Waals surface area (Å²) in [6, 6.07) is 6.59. The first-order valence-electron chi connectivity index (χ1n) is 9.47. The Bertz CT molecular complexity index is 772. The van der Waals surface area contributed by atoms with Crippen molar-refractivity contribution in [3.63, 3.8) is 0 Å². The molecule has 0 unspecified atom stereocenters. The normalized spacial score (nSPS) is 14.1. The van der Waals surface area contributed by atoms with Crippen molar-refractivity contribution in [2.45, 2.75) is 37.6 Å². The average Bonchev–Trinajstić information content (AvgIpc) is 3.36. The molecule has 28 heavy (non-hydrogen) atoms. The number of aliphatic imine (C=N–C) groups is 1. The fourth-order valence-electron chi connectivity index (χ4n) is 3.17. The number of hydrogen-bond acceptors (Lipinski definition) is 5. The summed E-state index contributed by atoms with van der Waals surface area (Å²) in [6.07, 6.45) is 5.61. The van der Waals surface area contributed by atoms with E-state index in [1.165, 1.54) is 34.0 Å². The van der Waals surface area contributed by atoms with E-state index >= 15 is 0 Å². The second kappa shape index (κ2) is 11.9. The predicted octanol–water partition coefficient (Wildman–Crippen LogP) is 4.30. The van der Waals surface area contributed by atoms with E-state index in [9.17, 15) is 0 Å². The van der Waals surface area contributed by atoms with Crippen molar-refractivity contribution in [2.24, 2.45) is 4.99 Å². The highest BCUT2D eigenvalue weighted by Crippen LogP contribution is 2.24. The lowest BCUT2D eigenvalue weighted by atomic mass is 10.1. The highest BCUT2D eigenvalue weighted by Gasteiger charge is 2.15. The number of thioether (sulfide) groups is 1. The number of nitrogens with one attached hydrogen (secondary N) is 2. The van der Waals surface area contributed by atoms with Crippen molar-refractivity contribution >= 4 is 58.2 Å². The SMILES string of the molecule is CN=C(NCCc1csc(N2CCCC2)n1)NCc1ccc(C)cc1SC.I. The van der Waals surface area contributed by atoms with Gasteiger partial charge in [-0.3, -0.25) is 4.99 Å². The molecular formula is C20H30IN5S2. The number of rotatable bonds is 7. The van der Waals surface area contributed by atoms with Crippen LogP contribution in [0.4, 0.5) is 5.13 Å². The lowest BCUT2D eigenvalue weighted by Gasteiger charge is -2.14. The van der Waals surface area contributed by atoms with Crippen LogP contribution in [-0.2, 0) is 13.0 Å². The monoisotopic (exact) mass is 531 g/mol. The van der Waals surface area contributed by atoms with E-state index in [0.717, 1.165) is 44.3 Å². The Morgan fingerprint density at radius 2 is 2.07 bits per heavy atom. The van der Waals surface area contributed by atoms with Crippen molar-refractivity contribution in [3.05, 3.63) is 40.4 Å². The number of nitrogens with zero attached hydrogens (tertiary/aromatic N) is 3. The zero-order valence-corrected chi connectivity index (χ0v) is 20.8. The molecule has 0 radical (unpaired) electrons. The molecule has 0 spiro atoms. The van der Waals surface area contributed by atoms with Crippen LogP contribution in [0.25, 0.3) is 0 Å². The Morgan fingerprint density at radius 1 is 1.29 bits per heavy atom. The van der Waals surface area contributed by atoms with Gasteiger partial charge in [0.15, 0.2) is 11.1 Å². The Labute approximate surface area is 193 Å². The topological polar surface area (TPSA) is 52.6 Å². The number of benzene rings is 1. The highest BCUT2D eigenvalue weighted by molar-refractivity contribution is 14.0. The number of anilines is 1. The fourth-order valence-corrected chi connectivity index (χ4v) is 4.79. The van der Waals surface area contributed by atoms with Crippen LogP contribution in [0.3, 0.4) is 0 Å². The van der Waals surface area contributed by atoms with E-state index in [0.29, 0.717) is 0 Å². The van der Waals surface area contributed by atoms with Gasteiger partial charge >= 0.3 is 0 Å². The molecule has 5 nitrogen and oxygen atoms in total. The minimum atomic E-state index is 0. The number of aryl methyl sites for hydroxylation is 1. The van der Waals surface area contributed by atoms with E-state index in [4.69, 9.17) is 4.98 Å². The zero-order valence-electron chi connectivity index (χ0n) is 16.8. The van der Waals surface area contributed by atoms with Gasteiger partial charge in [-0.1, -0.05) is 12.1 Å². The first-order chi connectivity index (χ1) is 13.2. The number of hydrogen-bond donors (Lipinski definition) is 2. The molecule has 1 fully saturated rings. The van der Waals surface area contributed by atoms with Crippen molar-refractivity contribution in [2.75, 3.05) is 37.8 Å². The standard InChI is InChI=1S/C20H29N5S2.HI/c1-15-6-7-16(18(12-15)26-3)13-23-19(21-2)22-9-8-17-14-27-20(24-17)25-10-4-5-11-25;/h6-7,12,14H,4-5,8-11,13H2,1-3H3,(H2,21,22,23);1H. The summed E-state index contributed by atoms with van der Waals surface area (Å²) in [5.41, 5.74) is 3.75. The summed E-state index contributed by atoms with van der Waals surface area (Å²) >= 11 is 3.55. The minimum Gasteiger partial charge on any atom is -0.356 e. The van der Waals surface area contributed by atoms with Gasteiger partial charge in [0, 0.05) is 49.9 Å². The molecule has 3 rings (SSSR count). The Morgan fingerprint density at radius 3 is 2.79 bits per heavy atom. The lowest BCUT2D eigenvalue weighted by molar-refractivity contribution is 0.780. The molecule has 154 valence electrons. The van der Waals surface area contributed by atoms with Gasteiger partial charge in [0.1, 0.15) is 0 Å². The van der Waals surface area contributed by atoms with Gasteiger partial charge in [-0.15, -0.1) is 47.1 Å². The van der Waals surface area contributed by atoms with Crippen molar-refractivity contribution in [1.29, 1.82) is 0 Å². The van der Waals surface area contributed by atoms with E-state index < -0.39 is 0 Å². The van der Waals surface area contributed by atoms with E-state index in [1.54, 1.807) is 23.1 Å².